The molecule has 0 saturated carbocycles. The fraction of sp³-hybridized carbons (Fsp3) is 0. The molecule has 0 rings (SSSR count). The molecular formula is CuFeSeSn. The van der Waals surface area contributed by atoms with Crippen LogP contribution in [0.2, 0.25) is 0 Å². The first-order valence-electron chi connectivity index (χ1n) is 0. The molecule has 0 aromatic heterocycles. The molecule has 29 valence electrons. The Morgan fingerprint density at radius 3 is 1.00 bits per heavy atom. The molecule has 0 atom stereocenters. The maximum absolute atomic E-state index is 0. The van der Waals surface area contributed by atoms with Crippen molar-refractivity contribution in [2.75, 3.05) is 0 Å². The first kappa shape index (κ1) is 32.8. The van der Waals surface area contributed by atoms with Gasteiger partial charge in [0.15, 0.2) is 0 Å². The molecule has 4 heavy (non-hydrogen) atoms. The molecule has 0 aliphatic carbocycles. The van der Waals surface area contributed by atoms with Crippen LogP contribution in [0.25, 0.3) is 0 Å². The van der Waals surface area contributed by atoms with Crippen LogP contribution in [-0.4, -0.2) is 41.0 Å². The minimum atomic E-state index is 0. The number of rotatable bonds is 0. The van der Waals surface area contributed by atoms with Crippen LogP contribution in [-0.2, 0) is 34.1 Å². The Hall–Kier alpha value is 2.36. The van der Waals surface area contributed by atoms with Crippen molar-refractivity contribution < 1.29 is 34.1 Å². The second kappa shape index (κ2) is 18.3. The van der Waals surface area contributed by atoms with Gasteiger partial charge in [-0.3, -0.25) is 0 Å². The van der Waals surface area contributed by atoms with Crippen LogP contribution in [0.4, 0.5) is 0 Å². The van der Waals surface area contributed by atoms with Crippen molar-refractivity contribution >= 4 is 41.0 Å². The van der Waals surface area contributed by atoms with Crippen LogP contribution < -0.4 is 0 Å². The molecule has 0 aromatic rings. The van der Waals surface area contributed by atoms with Gasteiger partial charge in [-0.2, -0.15) is 0 Å². The molecular weight excluding hydrogens is 317 g/mol. The molecule has 0 aliphatic heterocycles. The zero-order valence-corrected chi connectivity index (χ0v) is 8.18. The molecule has 0 saturated heterocycles. The normalized spacial score (nSPS) is 0. The van der Waals surface area contributed by atoms with Gasteiger partial charge in [0.1, 0.15) is 0 Å². The molecule has 0 spiro atoms. The second-order valence-corrected chi connectivity index (χ2v) is 0. The van der Waals surface area contributed by atoms with E-state index in [9.17, 15) is 0 Å². The van der Waals surface area contributed by atoms with E-state index >= 15 is 0 Å². The van der Waals surface area contributed by atoms with Gasteiger partial charge in [0.05, 0.1) is 0 Å². The Morgan fingerprint density at radius 2 is 1.00 bits per heavy atom. The Bertz CT molecular complexity index is 8.00. The van der Waals surface area contributed by atoms with Crippen molar-refractivity contribution in [2.24, 2.45) is 0 Å². The van der Waals surface area contributed by atoms with Crippen LogP contribution in [0.1, 0.15) is 0 Å². The second-order valence-electron chi connectivity index (χ2n) is 0. The topological polar surface area (TPSA) is 0 Å². The average Bonchev–Trinajstić information content (AvgIpc) is 0. The summed E-state index contributed by atoms with van der Waals surface area (Å²) in [5, 5.41) is 0. The molecule has 0 amide bonds. The predicted octanol–water partition coefficient (Wildman–Crippen LogP) is -0.767. The monoisotopic (exact) mass is 319 g/mol. The van der Waals surface area contributed by atoms with Gasteiger partial charge in [-0.05, 0) is 0 Å². The van der Waals surface area contributed by atoms with Gasteiger partial charge >= 0.3 is 0 Å². The maximum atomic E-state index is 0. The summed E-state index contributed by atoms with van der Waals surface area (Å²) in [6.45, 7) is 0. The van der Waals surface area contributed by atoms with Gasteiger partial charge < -0.3 is 0 Å². The first-order valence-corrected chi connectivity index (χ1v) is 0. The molecule has 0 heterocycles. The largest absolute Gasteiger partial charge is 0 e. The summed E-state index contributed by atoms with van der Waals surface area (Å²) in [6.07, 6.45) is 0. The van der Waals surface area contributed by atoms with Crippen molar-refractivity contribution in [3.8, 4) is 0 Å². The van der Waals surface area contributed by atoms with Gasteiger partial charge in [-0.25, -0.2) is 0 Å². The Labute approximate surface area is 74.2 Å². The van der Waals surface area contributed by atoms with E-state index in [0.29, 0.717) is 0 Å². The molecule has 7 radical (unpaired) electrons. The fourth-order valence-electron chi connectivity index (χ4n) is 0. The van der Waals surface area contributed by atoms with E-state index in [2.05, 4.69) is 0 Å². The van der Waals surface area contributed by atoms with Crippen LogP contribution in [0.5, 0.6) is 0 Å². The molecule has 0 bridgehead atoms. The van der Waals surface area contributed by atoms with Crippen molar-refractivity contribution in [1.82, 2.24) is 0 Å². The van der Waals surface area contributed by atoms with Crippen LogP contribution in [0.15, 0.2) is 0 Å². The van der Waals surface area contributed by atoms with E-state index in [4.69, 9.17) is 0 Å². The third kappa shape index (κ3) is 8.84. The summed E-state index contributed by atoms with van der Waals surface area (Å²) in [5.41, 5.74) is 0. The van der Waals surface area contributed by atoms with Gasteiger partial charge in [0.25, 0.3) is 0 Å². The smallest absolute Gasteiger partial charge is 0 e. The van der Waals surface area contributed by atoms with E-state index in [1.54, 1.807) is 0 Å². The molecule has 4 heteroatoms. The number of hydrogen-bond acceptors (Lipinski definition) is 0. The minimum Gasteiger partial charge on any atom is 0 e. The predicted molar refractivity (Wildman–Crippen MR) is 11.5 cm³/mol. The van der Waals surface area contributed by atoms with Crippen LogP contribution >= 0.6 is 0 Å². The standard InChI is InChI=1S/Cu.Fe.Se.Sn. The maximum Gasteiger partial charge on any atom is 0 e. The van der Waals surface area contributed by atoms with Gasteiger partial charge in [-0.1, -0.05) is 0 Å². The fourth-order valence-corrected chi connectivity index (χ4v) is 0. The Kier molecular flexibility index (Phi) is 150. The van der Waals surface area contributed by atoms with Gasteiger partial charge in [-0.15, -0.1) is 0 Å². The summed E-state index contributed by atoms with van der Waals surface area (Å²) in [6, 6.07) is 0. The molecule has 0 aliphatic rings. The van der Waals surface area contributed by atoms with Crippen LogP contribution in [0.3, 0.4) is 0 Å². The molecule has 0 unspecified atom stereocenters. The van der Waals surface area contributed by atoms with E-state index in [1.807, 2.05) is 0 Å². The summed E-state index contributed by atoms with van der Waals surface area (Å²) >= 11 is 0. The van der Waals surface area contributed by atoms with Crippen LogP contribution in [0, 0.1) is 0 Å². The van der Waals surface area contributed by atoms with Crippen molar-refractivity contribution in [3.05, 3.63) is 0 Å². The van der Waals surface area contributed by atoms with E-state index in [0.717, 1.165) is 0 Å². The summed E-state index contributed by atoms with van der Waals surface area (Å²) < 4.78 is 0. The van der Waals surface area contributed by atoms with E-state index < -0.39 is 0 Å². The Balaban J connectivity index is 0. The number of hydrogen-bond donors (Lipinski definition) is 0. The van der Waals surface area contributed by atoms with Crippen molar-refractivity contribution in [1.29, 1.82) is 0 Å². The quantitative estimate of drug-likeness (QED) is 0.515. The first-order chi connectivity index (χ1) is 0. The average molecular weight is 317 g/mol. The van der Waals surface area contributed by atoms with Gasteiger partial charge in [0.2, 0.25) is 0 Å². The Morgan fingerprint density at radius 1 is 1.00 bits per heavy atom. The summed E-state index contributed by atoms with van der Waals surface area (Å²) in [7, 11) is 0. The zero-order valence-electron chi connectivity index (χ0n) is 1.56. The molecule has 0 nitrogen and oxygen atoms in total. The van der Waals surface area contributed by atoms with Gasteiger partial charge in [0, 0.05) is 75.1 Å². The third-order valence-corrected chi connectivity index (χ3v) is 0. The van der Waals surface area contributed by atoms with Crippen molar-refractivity contribution in [3.63, 3.8) is 0 Å². The molecule has 0 aromatic carbocycles. The van der Waals surface area contributed by atoms with Crippen molar-refractivity contribution in [2.45, 2.75) is 0 Å². The zero-order chi connectivity index (χ0) is 0. The third-order valence-electron chi connectivity index (χ3n) is 0. The molecule has 0 fully saturated rings. The van der Waals surface area contributed by atoms with E-state index in [1.165, 1.54) is 0 Å². The van der Waals surface area contributed by atoms with E-state index in [-0.39, 0.29) is 75.1 Å². The summed E-state index contributed by atoms with van der Waals surface area (Å²) in [4.78, 5) is 0. The SMILES string of the molecule is [Cu].[Fe].[Se].[Sn]. The molecule has 0 N–H and O–H groups in total. The summed E-state index contributed by atoms with van der Waals surface area (Å²) in [5.74, 6) is 0. The minimum absolute atomic E-state index is 0.